The van der Waals surface area contributed by atoms with Crippen molar-refractivity contribution in [2.24, 2.45) is 0 Å². The van der Waals surface area contributed by atoms with E-state index in [1.54, 1.807) is 72.9 Å². The van der Waals surface area contributed by atoms with E-state index in [4.69, 9.17) is 9.47 Å². The van der Waals surface area contributed by atoms with Gasteiger partial charge in [-0.1, -0.05) is 12.1 Å². The number of ether oxygens (including phenoxy) is 2. The van der Waals surface area contributed by atoms with Crippen LogP contribution in [-0.4, -0.2) is 40.9 Å². The minimum Gasteiger partial charge on any atom is -0.492 e. The molecule has 0 saturated carbocycles. The molecule has 0 saturated heterocycles. The Labute approximate surface area is 256 Å². The molecule has 1 aromatic heterocycles. The van der Waals surface area contributed by atoms with Crippen LogP contribution in [0.1, 0.15) is 32.7 Å². The lowest BCUT2D eigenvalue weighted by atomic mass is 10.1. The Balaban J connectivity index is 1.08. The van der Waals surface area contributed by atoms with Crippen molar-refractivity contribution in [1.29, 1.82) is 5.26 Å². The van der Waals surface area contributed by atoms with Gasteiger partial charge in [0.05, 0.1) is 28.8 Å². The number of halogens is 1. The first kappa shape index (κ1) is 28.8. The summed E-state index contributed by atoms with van der Waals surface area (Å²) >= 11 is 0. The molecule has 10 nitrogen and oxygen atoms in total. The number of hydrogen-bond donors (Lipinski definition) is 2. The summed E-state index contributed by atoms with van der Waals surface area (Å²) in [4.78, 5) is 43.0. The first-order valence-electron chi connectivity index (χ1n) is 13.9. The number of anilines is 2. The molecule has 4 amide bonds. The average molecular weight is 602 g/mol. The molecule has 45 heavy (non-hydrogen) atoms. The van der Waals surface area contributed by atoms with Crippen LogP contribution >= 0.6 is 0 Å². The SMILES string of the molecule is N#Cc1cc2c(Oc3ccc(NC(=O)Nc4ccc(F)cc4)cc3)ccnc2cc1OCCCN1C(=O)c2ccccc2C1=O. The van der Waals surface area contributed by atoms with Gasteiger partial charge in [-0.2, -0.15) is 5.26 Å². The lowest BCUT2D eigenvalue weighted by molar-refractivity contribution is 0.0646. The zero-order chi connectivity index (χ0) is 31.3. The first-order valence-corrected chi connectivity index (χ1v) is 13.9. The summed E-state index contributed by atoms with van der Waals surface area (Å²) in [6.45, 7) is 0.359. The van der Waals surface area contributed by atoms with Crippen LogP contribution < -0.4 is 20.1 Å². The zero-order valence-corrected chi connectivity index (χ0v) is 23.6. The molecule has 1 aliphatic rings. The van der Waals surface area contributed by atoms with Crippen molar-refractivity contribution < 1.29 is 28.2 Å². The summed E-state index contributed by atoms with van der Waals surface area (Å²) in [5.74, 6) is 0.225. The van der Waals surface area contributed by atoms with E-state index in [0.717, 1.165) is 0 Å². The number of hydrogen-bond acceptors (Lipinski definition) is 7. The number of benzene rings is 4. The quantitative estimate of drug-likeness (QED) is 0.141. The number of nitrogens with zero attached hydrogens (tertiary/aromatic N) is 3. The van der Waals surface area contributed by atoms with E-state index in [-0.39, 0.29) is 30.5 Å². The van der Waals surface area contributed by atoms with Crippen molar-refractivity contribution in [1.82, 2.24) is 9.88 Å². The van der Waals surface area contributed by atoms with E-state index >= 15 is 0 Å². The fourth-order valence-corrected chi connectivity index (χ4v) is 4.85. The number of urea groups is 1. The summed E-state index contributed by atoms with van der Waals surface area (Å²) in [5.41, 5.74) is 2.56. The van der Waals surface area contributed by atoms with Gasteiger partial charge in [0.2, 0.25) is 0 Å². The van der Waals surface area contributed by atoms with E-state index in [1.807, 2.05) is 0 Å². The zero-order valence-electron chi connectivity index (χ0n) is 23.6. The number of pyridine rings is 1. The maximum Gasteiger partial charge on any atom is 0.323 e. The number of nitriles is 1. The van der Waals surface area contributed by atoms with Crippen LogP contribution in [0, 0.1) is 17.1 Å². The number of fused-ring (bicyclic) bond motifs is 2. The number of nitrogens with one attached hydrogen (secondary N) is 2. The smallest absolute Gasteiger partial charge is 0.323 e. The second-order valence-electron chi connectivity index (χ2n) is 10.0. The van der Waals surface area contributed by atoms with Crippen LogP contribution in [0.5, 0.6) is 17.2 Å². The molecule has 5 aromatic rings. The molecule has 0 radical (unpaired) electrons. The second kappa shape index (κ2) is 12.5. The maximum absolute atomic E-state index is 13.1. The van der Waals surface area contributed by atoms with Gasteiger partial charge < -0.3 is 20.1 Å². The van der Waals surface area contributed by atoms with E-state index in [1.165, 1.54) is 29.2 Å². The Morgan fingerprint density at radius 2 is 1.51 bits per heavy atom. The second-order valence-corrected chi connectivity index (χ2v) is 10.0. The summed E-state index contributed by atoms with van der Waals surface area (Å²) in [7, 11) is 0. The van der Waals surface area contributed by atoms with Crippen molar-refractivity contribution >= 4 is 40.1 Å². The van der Waals surface area contributed by atoms with Crippen LogP contribution in [0.2, 0.25) is 0 Å². The summed E-state index contributed by atoms with van der Waals surface area (Å²) < 4.78 is 25.0. The van der Waals surface area contributed by atoms with Gasteiger partial charge in [0, 0.05) is 35.6 Å². The highest BCUT2D eigenvalue weighted by atomic mass is 19.1. The molecule has 0 aliphatic carbocycles. The molecule has 2 N–H and O–H groups in total. The Bertz CT molecular complexity index is 1940. The number of carbonyl (C=O) groups is 3. The van der Waals surface area contributed by atoms with Gasteiger partial charge in [-0.3, -0.25) is 19.5 Å². The normalized spacial score (nSPS) is 12.0. The maximum atomic E-state index is 13.1. The molecule has 222 valence electrons. The molecule has 6 rings (SSSR count). The molecule has 0 unspecified atom stereocenters. The third-order valence-corrected chi connectivity index (χ3v) is 7.03. The highest BCUT2D eigenvalue weighted by Crippen LogP contribution is 2.33. The van der Waals surface area contributed by atoms with Crippen LogP contribution in [-0.2, 0) is 0 Å². The van der Waals surface area contributed by atoms with Gasteiger partial charge in [0.25, 0.3) is 11.8 Å². The highest BCUT2D eigenvalue weighted by Gasteiger charge is 2.34. The Kier molecular flexibility index (Phi) is 8.02. The molecular formula is C34H24FN5O5. The lowest BCUT2D eigenvalue weighted by Crippen LogP contribution is -2.31. The predicted molar refractivity (Wildman–Crippen MR) is 164 cm³/mol. The van der Waals surface area contributed by atoms with E-state index in [9.17, 15) is 24.0 Å². The molecule has 0 spiro atoms. The number of aromatic nitrogens is 1. The van der Waals surface area contributed by atoms with Gasteiger partial charge in [0.15, 0.2) is 0 Å². The first-order chi connectivity index (χ1) is 21.9. The monoisotopic (exact) mass is 601 g/mol. The van der Waals surface area contributed by atoms with Crippen molar-refractivity contribution in [3.8, 4) is 23.3 Å². The largest absolute Gasteiger partial charge is 0.492 e. The van der Waals surface area contributed by atoms with Crippen LogP contribution in [0.3, 0.4) is 0 Å². The average Bonchev–Trinajstić information content (AvgIpc) is 3.29. The minimum absolute atomic E-state index is 0.173. The summed E-state index contributed by atoms with van der Waals surface area (Å²) in [5, 5.41) is 15.7. The van der Waals surface area contributed by atoms with Crippen molar-refractivity contribution in [3.05, 3.63) is 120 Å². The van der Waals surface area contributed by atoms with Crippen LogP contribution in [0.4, 0.5) is 20.6 Å². The minimum atomic E-state index is -0.485. The van der Waals surface area contributed by atoms with E-state index in [0.29, 0.717) is 57.1 Å². The molecule has 2 heterocycles. The van der Waals surface area contributed by atoms with Crippen molar-refractivity contribution in [2.75, 3.05) is 23.8 Å². The van der Waals surface area contributed by atoms with Gasteiger partial charge in [-0.25, -0.2) is 9.18 Å². The number of carbonyl (C=O) groups excluding carboxylic acids is 3. The fraction of sp³-hybridized carbons (Fsp3) is 0.0882. The molecule has 1 aliphatic heterocycles. The lowest BCUT2D eigenvalue weighted by Gasteiger charge is -2.15. The third-order valence-electron chi connectivity index (χ3n) is 7.03. The molecule has 0 bridgehead atoms. The molecule has 11 heteroatoms. The standard InChI is InChI=1S/C34H24FN5O5/c35-22-6-8-23(9-7-22)38-34(43)39-24-10-12-25(13-11-24)45-30-14-15-37-29-19-31(21(20-36)18-28(29)30)44-17-3-16-40-32(41)26-4-1-2-5-27(26)33(40)42/h1-2,4-15,18-19H,3,16-17H2,(H2,38,39,43). The van der Waals surface area contributed by atoms with Crippen LogP contribution in [0.25, 0.3) is 10.9 Å². The summed E-state index contributed by atoms with van der Waals surface area (Å²) in [6, 6.07) is 25.4. The number of imide groups is 1. The topological polar surface area (TPSA) is 134 Å². The predicted octanol–water partition coefficient (Wildman–Crippen LogP) is 6.75. The Hall–Kier alpha value is -6.28. The van der Waals surface area contributed by atoms with Crippen LogP contribution in [0.15, 0.2) is 97.2 Å². The molecule has 0 fully saturated rings. The van der Waals surface area contributed by atoms with E-state index < -0.39 is 11.8 Å². The molecule has 4 aromatic carbocycles. The Morgan fingerprint density at radius 1 is 0.867 bits per heavy atom. The number of rotatable bonds is 9. The molecular weight excluding hydrogens is 577 g/mol. The Morgan fingerprint density at radius 3 is 2.16 bits per heavy atom. The van der Waals surface area contributed by atoms with Gasteiger partial charge in [0.1, 0.15) is 29.1 Å². The summed E-state index contributed by atoms with van der Waals surface area (Å²) in [6.07, 6.45) is 1.95. The van der Waals surface area contributed by atoms with E-state index in [2.05, 4.69) is 21.7 Å². The fourth-order valence-electron chi connectivity index (χ4n) is 4.85. The van der Waals surface area contributed by atoms with Gasteiger partial charge in [-0.15, -0.1) is 0 Å². The number of amides is 4. The molecule has 0 atom stereocenters. The van der Waals surface area contributed by atoms with Crippen molar-refractivity contribution in [2.45, 2.75) is 6.42 Å². The third kappa shape index (κ3) is 6.25. The van der Waals surface area contributed by atoms with Gasteiger partial charge in [-0.05, 0) is 79.2 Å². The van der Waals surface area contributed by atoms with Crippen molar-refractivity contribution in [3.63, 3.8) is 0 Å². The highest BCUT2D eigenvalue weighted by molar-refractivity contribution is 6.21. The van der Waals surface area contributed by atoms with Gasteiger partial charge >= 0.3 is 6.03 Å².